The second kappa shape index (κ2) is 7.92. The lowest BCUT2D eigenvalue weighted by Crippen LogP contribution is -2.41. The van der Waals surface area contributed by atoms with Crippen LogP contribution in [0.1, 0.15) is 19.3 Å². The number of rotatable bonds is 6. The van der Waals surface area contributed by atoms with E-state index in [9.17, 15) is 4.79 Å². The molecule has 0 spiro atoms. The van der Waals surface area contributed by atoms with E-state index in [1.54, 1.807) is 11.8 Å². The molecule has 0 aliphatic carbocycles. The number of nitrogens with zero attached hydrogens (tertiary/aromatic N) is 1. The van der Waals surface area contributed by atoms with Crippen molar-refractivity contribution < 1.29 is 9.53 Å². The Morgan fingerprint density at radius 3 is 2.75 bits per heavy atom. The van der Waals surface area contributed by atoms with Gasteiger partial charge < -0.3 is 15.4 Å². The van der Waals surface area contributed by atoms with Gasteiger partial charge in [-0.1, -0.05) is 0 Å². The van der Waals surface area contributed by atoms with Crippen LogP contribution in [-0.4, -0.2) is 55.2 Å². The minimum atomic E-state index is 0.257. The molecule has 5 heteroatoms. The van der Waals surface area contributed by atoms with Crippen LogP contribution in [0, 0.1) is 0 Å². The molecule has 1 rings (SSSR count). The van der Waals surface area contributed by atoms with Crippen LogP contribution in [0.15, 0.2) is 0 Å². The van der Waals surface area contributed by atoms with Crippen LogP contribution in [0.25, 0.3) is 0 Å². The lowest BCUT2D eigenvalue weighted by atomic mass is 10.1. The Morgan fingerprint density at radius 2 is 2.19 bits per heavy atom. The SMILES string of the molecule is CSCC(=O)N1CCC(OCCCN)CC1. The molecule has 4 nitrogen and oxygen atoms in total. The fraction of sp³-hybridized carbons (Fsp3) is 0.909. The standard InChI is InChI=1S/C11H22N2O2S/c1-16-9-11(14)13-6-3-10(4-7-13)15-8-2-5-12/h10H,2-9,12H2,1H3. The van der Waals surface area contributed by atoms with Crippen LogP contribution in [0.3, 0.4) is 0 Å². The lowest BCUT2D eigenvalue weighted by molar-refractivity contribution is -0.130. The number of piperidine rings is 1. The normalized spacial score (nSPS) is 17.8. The lowest BCUT2D eigenvalue weighted by Gasteiger charge is -2.31. The average Bonchev–Trinajstić information content (AvgIpc) is 2.30. The summed E-state index contributed by atoms with van der Waals surface area (Å²) in [7, 11) is 0. The number of carbonyl (C=O) groups excluding carboxylic acids is 1. The monoisotopic (exact) mass is 246 g/mol. The largest absolute Gasteiger partial charge is 0.378 e. The van der Waals surface area contributed by atoms with E-state index in [-0.39, 0.29) is 5.91 Å². The third-order valence-electron chi connectivity index (χ3n) is 2.76. The van der Waals surface area contributed by atoms with Crippen molar-refractivity contribution in [3.05, 3.63) is 0 Å². The molecule has 1 aliphatic rings. The Labute approximate surface area is 102 Å². The minimum absolute atomic E-state index is 0.257. The minimum Gasteiger partial charge on any atom is -0.378 e. The highest BCUT2D eigenvalue weighted by Gasteiger charge is 2.22. The van der Waals surface area contributed by atoms with Gasteiger partial charge in [0, 0.05) is 19.7 Å². The van der Waals surface area contributed by atoms with Gasteiger partial charge in [-0.2, -0.15) is 11.8 Å². The second-order valence-corrected chi connectivity index (χ2v) is 4.89. The van der Waals surface area contributed by atoms with Crippen LogP contribution in [0.2, 0.25) is 0 Å². The van der Waals surface area contributed by atoms with Crippen molar-refractivity contribution >= 4 is 17.7 Å². The Morgan fingerprint density at radius 1 is 1.50 bits per heavy atom. The number of hydrogen-bond acceptors (Lipinski definition) is 4. The van der Waals surface area contributed by atoms with Crippen LogP contribution in [-0.2, 0) is 9.53 Å². The number of amides is 1. The molecule has 0 saturated carbocycles. The van der Waals surface area contributed by atoms with E-state index in [4.69, 9.17) is 10.5 Å². The second-order valence-electron chi connectivity index (χ2n) is 4.03. The summed E-state index contributed by atoms with van der Waals surface area (Å²) >= 11 is 1.58. The molecule has 1 aliphatic heterocycles. The number of ether oxygens (including phenoxy) is 1. The molecule has 0 aromatic heterocycles. The zero-order chi connectivity index (χ0) is 11.8. The first-order chi connectivity index (χ1) is 7.77. The molecule has 0 radical (unpaired) electrons. The molecular weight excluding hydrogens is 224 g/mol. The van der Waals surface area contributed by atoms with E-state index < -0.39 is 0 Å². The van der Waals surface area contributed by atoms with Crippen molar-refractivity contribution in [3.8, 4) is 0 Å². The highest BCUT2D eigenvalue weighted by Crippen LogP contribution is 2.14. The maximum absolute atomic E-state index is 11.6. The summed E-state index contributed by atoms with van der Waals surface area (Å²) in [5.74, 6) is 0.853. The first-order valence-corrected chi connectivity index (χ1v) is 7.25. The summed E-state index contributed by atoms with van der Waals surface area (Å²) in [4.78, 5) is 13.6. The summed E-state index contributed by atoms with van der Waals surface area (Å²) < 4.78 is 5.69. The average molecular weight is 246 g/mol. The summed E-state index contributed by atoms with van der Waals surface area (Å²) in [6.07, 6.45) is 5.13. The van der Waals surface area contributed by atoms with Crippen LogP contribution < -0.4 is 5.73 Å². The van der Waals surface area contributed by atoms with E-state index in [0.29, 0.717) is 18.4 Å². The van der Waals surface area contributed by atoms with E-state index >= 15 is 0 Å². The Kier molecular flexibility index (Phi) is 6.84. The Hall–Kier alpha value is -0.260. The maximum atomic E-state index is 11.6. The molecule has 1 fully saturated rings. The summed E-state index contributed by atoms with van der Waals surface area (Å²) in [6.45, 7) is 3.12. The van der Waals surface area contributed by atoms with Gasteiger partial charge in [0.15, 0.2) is 0 Å². The molecule has 16 heavy (non-hydrogen) atoms. The molecule has 94 valence electrons. The zero-order valence-corrected chi connectivity index (χ0v) is 10.8. The summed E-state index contributed by atoms with van der Waals surface area (Å²) in [5.41, 5.74) is 5.40. The summed E-state index contributed by atoms with van der Waals surface area (Å²) in [5, 5.41) is 0. The topological polar surface area (TPSA) is 55.6 Å². The van der Waals surface area contributed by atoms with Crippen LogP contribution in [0.4, 0.5) is 0 Å². The van der Waals surface area contributed by atoms with Crippen molar-refractivity contribution in [2.75, 3.05) is 38.2 Å². The molecule has 0 unspecified atom stereocenters. The highest BCUT2D eigenvalue weighted by atomic mass is 32.2. The van der Waals surface area contributed by atoms with Crippen molar-refractivity contribution in [3.63, 3.8) is 0 Å². The quantitative estimate of drug-likeness (QED) is 0.701. The van der Waals surface area contributed by atoms with Gasteiger partial charge in [0.05, 0.1) is 11.9 Å². The number of nitrogens with two attached hydrogens (primary N) is 1. The molecule has 2 N–H and O–H groups in total. The van der Waals surface area contributed by atoms with Crippen molar-refractivity contribution in [1.29, 1.82) is 0 Å². The van der Waals surface area contributed by atoms with Crippen molar-refractivity contribution in [1.82, 2.24) is 4.90 Å². The number of likely N-dealkylation sites (tertiary alicyclic amines) is 1. The molecule has 1 amide bonds. The number of thioether (sulfide) groups is 1. The molecule has 1 saturated heterocycles. The van der Waals surface area contributed by atoms with E-state index in [0.717, 1.165) is 39.0 Å². The molecule has 1 heterocycles. The Balaban J connectivity index is 2.15. The van der Waals surface area contributed by atoms with Gasteiger partial charge >= 0.3 is 0 Å². The van der Waals surface area contributed by atoms with Gasteiger partial charge in [-0.3, -0.25) is 4.79 Å². The van der Waals surface area contributed by atoms with Gasteiger partial charge in [0.1, 0.15) is 0 Å². The first-order valence-electron chi connectivity index (χ1n) is 5.86. The number of carbonyl (C=O) groups is 1. The predicted octanol–water partition coefficient (Wildman–Crippen LogP) is 0.706. The smallest absolute Gasteiger partial charge is 0.232 e. The third kappa shape index (κ3) is 4.72. The molecule has 0 aromatic rings. The fourth-order valence-corrected chi connectivity index (χ4v) is 2.25. The number of hydrogen-bond donors (Lipinski definition) is 1. The van der Waals surface area contributed by atoms with E-state index in [1.165, 1.54) is 0 Å². The molecular formula is C11H22N2O2S. The van der Waals surface area contributed by atoms with Gasteiger partial charge in [-0.15, -0.1) is 0 Å². The van der Waals surface area contributed by atoms with Gasteiger partial charge in [-0.05, 0) is 32.1 Å². The fourth-order valence-electron chi connectivity index (χ4n) is 1.82. The van der Waals surface area contributed by atoms with Crippen molar-refractivity contribution in [2.45, 2.75) is 25.4 Å². The Bertz CT molecular complexity index is 206. The highest BCUT2D eigenvalue weighted by molar-refractivity contribution is 7.99. The third-order valence-corrected chi connectivity index (χ3v) is 3.30. The molecule has 0 bridgehead atoms. The van der Waals surface area contributed by atoms with Gasteiger partial charge in [0.2, 0.25) is 5.91 Å². The van der Waals surface area contributed by atoms with Crippen LogP contribution >= 0.6 is 11.8 Å². The van der Waals surface area contributed by atoms with E-state index in [1.807, 2.05) is 11.2 Å². The van der Waals surface area contributed by atoms with Crippen LogP contribution in [0.5, 0.6) is 0 Å². The molecule has 0 atom stereocenters. The molecule has 0 aromatic carbocycles. The maximum Gasteiger partial charge on any atom is 0.232 e. The van der Waals surface area contributed by atoms with Gasteiger partial charge in [-0.25, -0.2) is 0 Å². The predicted molar refractivity (Wildman–Crippen MR) is 67.6 cm³/mol. The van der Waals surface area contributed by atoms with Crippen molar-refractivity contribution in [2.24, 2.45) is 5.73 Å². The zero-order valence-electron chi connectivity index (χ0n) is 9.98. The summed E-state index contributed by atoms with van der Waals surface area (Å²) in [6, 6.07) is 0. The van der Waals surface area contributed by atoms with E-state index in [2.05, 4.69) is 0 Å². The van der Waals surface area contributed by atoms with Gasteiger partial charge in [0.25, 0.3) is 0 Å². The first kappa shape index (κ1) is 13.8.